The highest BCUT2D eigenvalue weighted by Crippen LogP contribution is 2.36. The molecule has 0 radical (unpaired) electrons. The molecule has 126 valence electrons. The number of fused-ring (bicyclic) bond motifs is 2. The number of nitrogens with two attached hydrogens (primary N) is 1. The highest BCUT2D eigenvalue weighted by Gasteiger charge is 2.24. The zero-order chi connectivity index (χ0) is 17.3. The maximum atomic E-state index is 10.6. The Morgan fingerprint density at radius 1 is 0.958 bits per heavy atom. The summed E-state index contributed by atoms with van der Waals surface area (Å²) in [5, 5.41) is 10.6. The van der Waals surface area contributed by atoms with Gasteiger partial charge in [-0.1, -0.05) is 12.1 Å². The van der Waals surface area contributed by atoms with Crippen molar-refractivity contribution in [2.24, 2.45) is 0 Å². The lowest BCUT2D eigenvalue weighted by atomic mass is 10.1. The number of nitro groups is 1. The topological polar surface area (TPSA) is 87.6 Å². The largest absolute Gasteiger partial charge is 0.491 e. The number of benzene rings is 2. The van der Waals surface area contributed by atoms with Gasteiger partial charge in [0.25, 0.3) is 0 Å². The molecule has 2 N–H and O–H groups in total. The Kier molecular flexibility index (Phi) is 4.29. The van der Waals surface area contributed by atoms with Gasteiger partial charge in [0.15, 0.2) is 5.75 Å². The van der Waals surface area contributed by atoms with Gasteiger partial charge >= 0.3 is 5.69 Å². The second-order valence-electron chi connectivity index (χ2n) is 6.07. The molecule has 6 heteroatoms. The Labute approximate surface area is 140 Å². The minimum atomic E-state index is -0.392. The molecule has 2 aromatic rings. The molecule has 2 aliphatic heterocycles. The number of nitro benzene ring substituents is 1. The van der Waals surface area contributed by atoms with Crippen LogP contribution in [-0.2, 0) is 12.8 Å². The zero-order valence-corrected chi connectivity index (χ0v) is 13.8. The first-order chi connectivity index (χ1) is 11.5. The fourth-order valence-corrected chi connectivity index (χ4v) is 3.08. The summed E-state index contributed by atoms with van der Waals surface area (Å²) < 4.78 is 10.6. The first-order valence-corrected chi connectivity index (χ1v) is 7.88. The van der Waals surface area contributed by atoms with E-state index in [-0.39, 0.29) is 5.69 Å². The van der Waals surface area contributed by atoms with Gasteiger partial charge in [-0.05, 0) is 36.6 Å². The standard InChI is InChI=1S/C9H9NO3.C9H11NO/c1-6-4-7-2-3-13-9(7)8(5-6)10(11)12;1-6-4-7-2-3-11-9(7)8(10)5-6/h4-5H,2-3H2,1H3;4-5H,2-3,10H2,1H3. The molecule has 2 aromatic carbocycles. The lowest BCUT2D eigenvalue weighted by molar-refractivity contribution is -0.385. The number of rotatable bonds is 1. The molecule has 0 saturated heterocycles. The predicted molar refractivity (Wildman–Crippen MR) is 91.8 cm³/mol. The van der Waals surface area contributed by atoms with Crippen LogP contribution in [-0.4, -0.2) is 18.1 Å². The van der Waals surface area contributed by atoms with Crippen molar-refractivity contribution in [3.8, 4) is 11.5 Å². The van der Waals surface area contributed by atoms with Gasteiger partial charge in [0.05, 0.1) is 23.8 Å². The average molecular weight is 328 g/mol. The van der Waals surface area contributed by atoms with Crippen molar-refractivity contribution in [2.45, 2.75) is 26.7 Å². The molecule has 0 atom stereocenters. The molecule has 2 heterocycles. The van der Waals surface area contributed by atoms with E-state index in [9.17, 15) is 10.1 Å². The van der Waals surface area contributed by atoms with E-state index in [0.29, 0.717) is 12.4 Å². The van der Waals surface area contributed by atoms with Crippen LogP contribution in [0.5, 0.6) is 11.5 Å². The highest BCUT2D eigenvalue weighted by atomic mass is 16.6. The third-order valence-corrected chi connectivity index (χ3v) is 4.06. The van der Waals surface area contributed by atoms with Crippen LogP contribution >= 0.6 is 0 Å². The van der Waals surface area contributed by atoms with E-state index in [1.54, 1.807) is 6.07 Å². The fraction of sp³-hybridized carbons (Fsp3) is 0.333. The van der Waals surface area contributed by atoms with Gasteiger partial charge in [-0.3, -0.25) is 10.1 Å². The molecular weight excluding hydrogens is 308 g/mol. The molecule has 0 spiro atoms. The number of anilines is 1. The summed E-state index contributed by atoms with van der Waals surface area (Å²) >= 11 is 0. The van der Waals surface area contributed by atoms with Crippen molar-refractivity contribution in [1.82, 2.24) is 0 Å². The summed E-state index contributed by atoms with van der Waals surface area (Å²) in [6.07, 6.45) is 1.78. The molecular formula is C18H20N2O4. The van der Waals surface area contributed by atoms with Crippen LogP contribution in [0.2, 0.25) is 0 Å². The van der Waals surface area contributed by atoms with Crippen LogP contribution in [0.4, 0.5) is 11.4 Å². The summed E-state index contributed by atoms with van der Waals surface area (Å²) in [5.41, 5.74) is 10.9. The number of ether oxygens (including phenoxy) is 2. The Hall–Kier alpha value is -2.76. The van der Waals surface area contributed by atoms with E-state index in [0.717, 1.165) is 42.0 Å². The van der Waals surface area contributed by atoms with E-state index in [1.807, 2.05) is 19.1 Å². The second kappa shape index (κ2) is 6.39. The van der Waals surface area contributed by atoms with E-state index in [1.165, 1.54) is 11.1 Å². The summed E-state index contributed by atoms with van der Waals surface area (Å²) in [6, 6.07) is 7.57. The molecule has 0 bridgehead atoms. The van der Waals surface area contributed by atoms with Crippen molar-refractivity contribution in [3.05, 3.63) is 56.6 Å². The van der Waals surface area contributed by atoms with Crippen LogP contribution in [0, 0.1) is 24.0 Å². The third-order valence-electron chi connectivity index (χ3n) is 4.06. The minimum absolute atomic E-state index is 0.0903. The van der Waals surface area contributed by atoms with Crippen molar-refractivity contribution >= 4 is 11.4 Å². The van der Waals surface area contributed by atoms with Gasteiger partial charge in [0, 0.05) is 24.5 Å². The Morgan fingerprint density at radius 2 is 1.50 bits per heavy atom. The molecule has 0 saturated carbocycles. The summed E-state index contributed by atoms with van der Waals surface area (Å²) in [5.74, 6) is 1.35. The molecule has 0 amide bonds. The number of hydrogen-bond acceptors (Lipinski definition) is 5. The van der Waals surface area contributed by atoms with Gasteiger partial charge in [-0.25, -0.2) is 0 Å². The van der Waals surface area contributed by atoms with E-state index in [2.05, 4.69) is 13.0 Å². The van der Waals surface area contributed by atoms with Gasteiger partial charge in [-0.15, -0.1) is 0 Å². The van der Waals surface area contributed by atoms with E-state index in [4.69, 9.17) is 15.2 Å². The number of hydrogen-bond donors (Lipinski definition) is 1. The maximum absolute atomic E-state index is 10.6. The maximum Gasteiger partial charge on any atom is 0.311 e. The zero-order valence-electron chi connectivity index (χ0n) is 13.8. The molecule has 0 fully saturated rings. The van der Waals surface area contributed by atoms with Gasteiger partial charge in [0.2, 0.25) is 0 Å². The molecule has 0 aliphatic carbocycles. The van der Waals surface area contributed by atoms with Gasteiger partial charge in [0.1, 0.15) is 5.75 Å². The van der Waals surface area contributed by atoms with Gasteiger partial charge < -0.3 is 15.2 Å². The second-order valence-corrected chi connectivity index (χ2v) is 6.07. The minimum Gasteiger partial charge on any atom is -0.491 e. The van der Waals surface area contributed by atoms with E-state index >= 15 is 0 Å². The summed E-state index contributed by atoms with van der Waals surface area (Å²) in [7, 11) is 0. The van der Waals surface area contributed by atoms with E-state index < -0.39 is 4.92 Å². The smallest absolute Gasteiger partial charge is 0.311 e. The molecule has 0 aromatic heterocycles. The van der Waals surface area contributed by atoms with Crippen molar-refractivity contribution in [2.75, 3.05) is 18.9 Å². The number of nitrogen functional groups attached to an aromatic ring is 1. The molecule has 24 heavy (non-hydrogen) atoms. The Balaban J connectivity index is 0.000000143. The van der Waals surface area contributed by atoms with Crippen LogP contribution in [0.15, 0.2) is 24.3 Å². The van der Waals surface area contributed by atoms with Crippen LogP contribution < -0.4 is 15.2 Å². The lowest BCUT2D eigenvalue weighted by Crippen LogP contribution is -1.93. The lowest BCUT2D eigenvalue weighted by Gasteiger charge is -2.03. The molecule has 0 unspecified atom stereocenters. The Bertz CT molecular complexity index is 802. The molecule has 6 nitrogen and oxygen atoms in total. The quantitative estimate of drug-likeness (QED) is 0.493. The van der Waals surface area contributed by atoms with Crippen LogP contribution in [0.1, 0.15) is 22.3 Å². The Morgan fingerprint density at radius 3 is 2.12 bits per heavy atom. The van der Waals surface area contributed by atoms with Crippen molar-refractivity contribution in [3.63, 3.8) is 0 Å². The first-order valence-electron chi connectivity index (χ1n) is 7.88. The van der Waals surface area contributed by atoms with Gasteiger partial charge in [-0.2, -0.15) is 0 Å². The molecule has 4 rings (SSSR count). The third kappa shape index (κ3) is 3.13. The van der Waals surface area contributed by atoms with Crippen LogP contribution in [0.25, 0.3) is 0 Å². The normalized spacial score (nSPS) is 13.9. The van der Waals surface area contributed by atoms with Crippen molar-refractivity contribution in [1.29, 1.82) is 0 Å². The van der Waals surface area contributed by atoms with Crippen molar-refractivity contribution < 1.29 is 14.4 Å². The fourth-order valence-electron chi connectivity index (χ4n) is 3.08. The SMILES string of the molecule is Cc1cc(N)c2c(c1)CCO2.Cc1cc2c(c([N+](=O)[O-])c1)OCC2. The van der Waals surface area contributed by atoms with Crippen LogP contribution in [0.3, 0.4) is 0 Å². The summed E-state index contributed by atoms with van der Waals surface area (Å²) in [4.78, 5) is 10.2. The highest BCUT2D eigenvalue weighted by molar-refractivity contribution is 5.60. The monoisotopic (exact) mass is 328 g/mol. The first kappa shape index (κ1) is 16.1. The predicted octanol–water partition coefficient (Wildman–Crippen LogP) is 3.35. The number of nitrogens with zero attached hydrogens (tertiary/aromatic N) is 1. The summed E-state index contributed by atoms with van der Waals surface area (Å²) in [6.45, 7) is 5.24. The molecule has 2 aliphatic rings. The number of aryl methyl sites for hydroxylation is 2. The average Bonchev–Trinajstić information content (AvgIpc) is 3.15.